The first-order chi connectivity index (χ1) is 8.65. The quantitative estimate of drug-likeness (QED) is 0.893. The number of halogens is 2. The lowest BCUT2D eigenvalue weighted by Crippen LogP contribution is -2.12. The molecule has 1 atom stereocenters. The van der Waals surface area contributed by atoms with Crippen LogP contribution < -0.4 is 0 Å². The SMILES string of the molecule is CCCn1ncc(Br)c1C(O)c1ncccc1Br. The van der Waals surface area contributed by atoms with E-state index in [1.165, 1.54) is 0 Å². The van der Waals surface area contributed by atoms with Crippen LogP contribution in [0.4, 0.5) is 0 Å². The fourth-order valence-corrected chi connectivity index (χ4v) is 2.75. The Morgan fingerprint density at radius 2 is 2.17 bits per heavy atom. The van der Waals surface area contributed by atoms with Crippen LogP contribution in [-0.2, 0) is 6.54 Å². The summed E-state index contributed by atoms with van der Waals surface area (Å²) in [4.78, 5) is 4.22. The fraction of sp³-hybridized carbons (Fsp3) is 0.333. The molecule has 1 unspecified atom stereocenters. The van der Waals surface area contributed by atoms with Gasteiger partial charge in [0.1, 0.15) is 6.10 Å². The summed E-state index contributed by atoms with van der Waals surface area (Å²) in [7, 11) is 0. The van der Waals surface area contributed by atoms with Crippen molar-refractivity contribution >= 4 is 31.9 Å². The Bertz CT molecular complexity index is 542. The van der Waals surface area contributed by atoms with E-state index in [4.69, 9.17) is 0 Å². The second-order valence-electron chi connectivity index (χ2n) is 3.87. The van der Waals surface area contributed by atoms with Gasteiger partial charge in [0, 0.05) is 17.2 Å². The molecule has 18 heavy (non-hydrogen) atoms. The molecule has 0 amide bonds. The molecule has 0 radical (unpaired) electrons. The Labute approximate surface area is 122 Å². The van der Waals surface area contributed by atoms with E-state index in [0.717, 1.165) is 27.6 Å². The summed E-state index contributed by atoms with van der Waals surface area (Å²) in [5, 5.41) is 14.7. The van der Waals surface area contributed by atoms with Gasteiger partial charge in [-0.3, -0.25) is 9.67 Å². The molecule has 0 saturated heterocycles. The highest BCUT2D eigenvalue weighted by atomic mass is 79.9. The van der Waals surface area contributed by atoms with Crippen LogP contribution in [0.3, 0.4) is 0 Å². The first kappa shape index (κ1) is 13.7. The molecule has 1 N–H and O–H groups in total. The molecule has 2 heterocycles. The zero-order valence-corrected chi connectivity index (χ0v) is 13.0. The van der Waals surface area contributed by atoms with Crippen molar-refractivity contribution in [3.05, 3.63) is 44.9 Å². The molecule has 0 aliphatic carbocycles. The predicted molar refractivity (Wildman–Crippen MR) is 76.2 cm³/mol. The van der Waals surface area contributed by atoms with E-state index in [0.29, 0.717) is 5.69 Å². The fourth-order valence-electron chi connectivity index (χ4n) is 1.76. The lowest BCUT2D eigenvalue weighted by atomic mass is 10.1. The number of rotatable bonds is 4. The predicted octanol–water partition coefficient (Wildman–Crippen LogP) is 3.29. The van der Waals surface area contributed by atoms with Gasteiger partial charge in [0.2, 0.25) is 0 Å². The molecule has 6 heteroatoms. The minimum absolute atomic E-state index is 0.594. The van der Waals surface area contributed by atoms with Gasteiger partial charge in [-0.1, -0.05) is 6.92 Å². The summed E-state index contributed by atoms with van der Waals surface area (Å²) in [6.45, 7) is 2.84. The molecule has 2 aromatic heterocycles. The van der Waals surface area contributed by atoms with E-state index in [1.807, 2.05) is 12.1 Å². The van der Waals surface area contributed by atoms with Crippen LogP contribution in [0.15, 0.2) is 33.5 Å². The van der Waals surface area contributed by atoms with Crippen molar-refractivity contribution in [2.75, 3.05) is 0 Å². The van der Waals surface area contributed by atoms with Crippen molar-refractivity contribution in [3.8, 4) is 0 Å². The van der Waals surface area contributed by atoms with Gasteiger partial charge in [0.05, 0.1) is 22.1 Å². The molecule has 0 aromatic carbocycles. The number of hydrogen-bond donors (Lipinski definition) is 1. The standard InChI is InChI=1S/C12H13Br2N3O/c1-2-6-17-11(9(14)7-16-17)12(18)10-8(13)4-3-5-15-10/h3-5,7,12,18H,2,6H2,1H3. The number of aliphatic hydroxyl groups excluding tert-OH is 1. The molecular weight excluding hydrogens is 362 g/mol. The van der Waals surface area contributed by atoms with Crippen molar-refractivity contribution in [1.29, 1.82) is 0 Å². The average molecular weight is 375 g/mol. The number of nitrogens with zero attached hydrogens (tertiary/aromatic N) is 3. The summed E-state index contributed by atoms with van der Waals surface area (Å²) in [5.41, 5.74) is 1.33. The number of pyridine rings is 1. The number of hydrogen-bond acceptors (Lipinski definition) is 3. The van der Waals surface area contributed by atoms with E-state index < -0.39 is 6.10 Å². The van der Waals surface area contributed by atoms with Crippen LogP contribution >= 0.6 is 31.9 Å². The van der Waals surface area contributed by atoms with Gasteiger partial charge in [0.15, 0.2) is 0 Å². The molecule has 0 bridgehead atoms. The normalized spacial score (nSPS) is 12.7. The average Bonchev–Trinajstić information content (AvgIpc) is 2.71. The highest BCUT2D eigenvalue weighted by Gasteiger charge is 2.22. The van der Waals surface area contributed by atoms with Crippen LogP contribution in [0.25, 0.3) is 0 Å². The lowest BCUT2D eigenvalue weighted by Gasteiger charge is -2.14. The summed E-state index contributed by atoms with van der Waals surface area (Å²) in [6.07, 6.45) is 3.52. The topological polar surface area (TPSA) is 50.9 Å². The van der Waals surface area contributed by atoms with Crippen LogP contribution in [-0.4, -0.2) is 19.9 Å². The van der Waals surface area contributed by atoms with Crippen LogP contribution in [0.1, 0.15) is 30.8 Å². The highest BCUT2D eigenvalue weighted by molar-refractivity contribution is 9.10. The Morgan fingerprint density at radius 1 is 1.39 bits per heavy atom. The van der Waals surface area contributed by atoms with Crippen molar-refractivity contribution in [2.45, 2.75) is 26.0 Å². The van der Waals surface area contributed by atoms with Crippen LogP contribution in [0.2, 0.25) is 0 Å². The molecular formula is C12H13Br2N3O. The zero-order chi connectivity index (χ0) is 13.1. The molecule has 0 spiro atoms. The van der Waals surface area contributed by atoms with Gasteiger partial charge in [-0.15, -0.1) is 0 Å². The van der Waals surface area contributed by atoms with Crippen LogP contribution in [0.5, 0.6) is 0 Å². The molecule has 4 nitrogen and oxygen atoms in total. The van der Waals surface area contributed by atoms with E-state index in [1.54, 1.807) is 17.1 Å². The molecule has 0 aliphatic rings. The summed E-state index contributed by atoms with van der Waals surface area (Å²) < 4.78 is 3.38. The largest absolute Gasteiger partial charge is 0.380 e. The van der Waals surface area contributed by atoms with Gasteiger partial charge in [-0.25, -0.2) is 0 Å². The minimum atomic E-state index is -0.802. The maximum Gasteiger partial charge on any atom is 0.140 e. The van der Waals surface area contributed by atoms with E-state index in [2.05, 4.69) is 48.9 Å². The molecule has 0 aliphatic heterocycles. The molecule has 2 rings (SSSR count). The van der Waals surface area contributed by atoms with Gasteiger partial charge in [-0.05, 0) is 50.4 Å². The Balaban J connectivity index is 2.42. The smallest absolute Gasteiger partial charge is 0.140 e. The Morgan fingerprint density at radius 3 is 2.83 bits per heavy atom. The van der Waals surface area contributed by atoms with E-state index in [9.17, 15) is 5.11 Å². The second-order valence-corrected chi connectivity index (χ2v) is 5.58. The van der Waals surface area contributed by atoms with Gasteiger partial charge in [-0.2, -0.15) is 5.10 Å². The van der Waals surface area contributed by atoms with E-state index >= 15 is 0 Å². The minimum Gasteiger partial charge on any atom is -0.380 e. The third-order valence-electron chi connectivity index (χ3n) is 2.57. The summed E-state index contributed by atoms with van der Waals surface area (Å²) >= 11 is 6.83. The number of aryl methyl sites for hydroxylation is 1. The molecule has 96 valence electrons. The Kier molecular flexibility index (Phi) is 4.53. The van der Waals surface area contributed by atoms with Crippen molar-refractivity contribution in [3.63, 3.8) is 0 Å². The number of aliphatic hydroxyl groups is 1. The van der Waals surface area contributed by atoms with Gasteiger partial charge >= 0.3 is 0 Å². The lowest BCUT2D eigenvalue weighted by molar-refractivity contribution is 0.201. The molecule has 0 fully saturated rings. The van der Waals surface area contributed by atoms with E-state index in [-0.39, 0.29) is 0 Å². The second kappa shape index (κ2) is 5.95. The highest BCUT2D eigenvalue weighted by Crippen LogP contribution is 2.31. The first-order valence-electron chi connectivity index (χ1n) is 5.64. The number of aromatic nitrogens is 3. The molecule has 2 aromatic rings. The zero-order valence-electron chi connectivity index (χ0n) is 9.85. The summed E-state index contributed by atoms with van der Waals surface area (Å²) in [6, 6.07) is 3.68. The Hall–Kier alpha value is -0.720. The van der Waals surface area contributed by atoms with Crippen molar-refractivity contribution in [1.82, 2.24) is 14.8 Å². The van der Waals surface area contributed by atoms with Crippen LogP contribution in [0, 0.1) is 0 Å². The van der Waals surface area contributed by atoms with Crippen molar-refractivity contribution < 1.29 is 5.11 Å². The third kappa shape index (κ3) is 2.65. The maximum absolute atomic E-state index is 10.5. The van der Waals surface area contributed by atoms with Crippen molar-refractivity contribution in [2.24, 2.45) is 0 Å². The maximum atomic E-state index is 10.5. The first-order valence-corrected chi connectivity index (χ1v) is 7.23. The monoisotopic (exact) mass is 373 g/mol. The third-order valence-corrected chi connectivity index (χ3v) is 3.86. The van der Waals surface area contributed by atoms with Gasteiger partial charge < -0.3 is 5.11 Å². The summed E-state index contributed by atoms with van der Waals surface area (Å²) in [5.74, 6) is 0. The molecule has 0 saturated carbocycles. The van der Waals surface area contributed by atoms with Gasteiger partial charge in [0.25, 0.3) is 0 Å².